The molecule has 2 aromatic heterocycles. The van der Waals surface area contributed by atoms with Crippen molar-refractivity contribution in [3.63, 3.8) is 0 Å². The number of para-hydroxylation sites is 1. The van der Waals surface area contributed by atoms with Crippen LogP contribution in [0.25, 0.3) is 21.9 Å². The molecule has 1 aliphatic heterocycles. The van der Waals surface area contributed by atoms with Gasteiger partial charge in [0.1, 0.15) is 6.61 Å². The quantitative estimate of drug-likeness (QED) is 0.443. The molecular weight excluding hydrogens is 404 g/mol. The van der Waals surface area contributed by atoms with Gasteiger partial charge in [0.2, 0.25) is 5.75 Å². The van der Waals surface area contributed by atoms with Gasteiger partial charge in [0.15, 0.2) is 11.2 Å². The van der Waals surface area contributed by atoms with Crippen molar-refractivity contribution < 1.29 is 13.6 Å². The van der Waals surface area contributed by atoms with Crippen molar-refractivity contribution in [3.05, 3.63) is 70.2 Å². The third-order valence-electron chi connectivity index (χ3n) is 5.50. The molecule has 0 unspecified atom stereocenters. The number of furan rings is 1. The van der Waals surface area contributed by atoms with Crippen molar-refractivity contribution in [2.75, 3.05) is 44.2 Å². The van der Waals surface area contributed by atoms with E-state index < -0.39 is 5.63 Å². The van der Waals surface area contributed by atoms with Crippen LogP contribution in [0.2, 0.25) is 5.02 Å². The van der Waals surface area contributed by atoms with Crippen LogP contribution in [0, 0.1) is 0 Å². The van der Waals surface area contributed by atoms with Crippen LogP contribution in [-0.2, 0) is 0 Å². The first-order chi connectivity index (χ1) is 14.7. The SMILES string of the molecule is O=c1ccc2cc3ccoc3c(OCCN3CCN(c4ccccc4Cl)CC3)c2o1. The fraction of sp³-hybridized carbons (Fsp3) is 0.261. The summed E-state index contributed by atoms with van der Waals surface area (Å²) in [4.78, 5) is 16.4. The monoisotopic (exact) mass is 424 g/mol. The van der Waals surface area contributed by atoms with E-state index in [-0.39, 0.29) is 0 Å². The van der Waals surface area contributed by atoms with Gasteiger partial charge in [-0.05, 0) is 30.3 Å². The fourth-order valence-corrected chi connectivity index (χ4v) is 4.19. The van der Waals surface area contributed by atoms with Gasteiger partial charge in [0.25, 0.3) is 0 Å². The first-order valence-electron chi connectivity index (χ1n) is 9.98. The normalized spacial score (nSPS) is 15.2. The average Bonchev–Trinajstić information content (AvgIpc) is 3.23. The number of rotatable bonds is 5. The molecule has 0 N–H and O–H groups in total. The number of fused-ring (bicyclic) bond motifs is 2. The smallest absolute Gasteiger partial charge is 0.336 e. The van der Waals surface area contributed by atoms with Gasteiger partial charge < -0.3 is 18.5 Å². The molecule has 3 heterocycles. The third-order valence-corrected chi connectivity index (χ3v) is 5.82. The molecule has 1 aliphatic rings. The second kappa shape index (κ2) is 8.05. The number of benzene rings is 2. The lowest BCUT2D eigenvalue weighted by atomic mass is 10.1. The van der Waals surface area contributed by atoms with Gasteiger partial charge in [0, 0.05) is 49.6 Å². The summed E-state index contributed by atoms with van der Waals surface area (Å²) in [6.45, 7) is 4.92. The van der Waals surface area contributed by atoms with E-state index in [1.54, 1.807) is 12.3 Å². The maximum absolute atomic E-state index is 11.7. The highest BCUT2D eigenvalue weighted by molar-refractivity contribution is 6.33. The highest BCUT2D eigenvalue weighted by Gasteiger charge is 2.20. The minimum atomic E-state index is -0.408. The highest BCUT2D eigenvalue weighted by atomic mass is 35.5. The van der Waals surface area contributed by atoms with Crippen LogP contribution in [0.15, 0.2) is 68.4 Å². The summed E-state index contributed by atoms with van der Waals surface area (Å²) in [5, 5.41) is 2.51. The Hall–Kier alpha value is -2.96. The first-order valence-corrected chi connectivity index (χ1v) is 10.4. The molecule has 30 heavy (non-hydrogen) atoms. The van der Waals surface area contributed by atoms with Crippen LogP contribution >= 0.6 is 11.6 Å². The third kappa shape index (κ3) is 3.64. The van der Waals surface area contributed by atoms with Gasteiger partial charge >= 0.3 is 5.63 Å². The number of nitrogens with zero attached hydrogens (tertiary/aromatic N) is 2. The number of hydrogen-bond acceptors (Lipinski definition) is 6. The first kappa shape index (κ1) is 19.0. The molecule has 0 aliphatic carbocycles. The summed E-state index contributed by atoms with van der Waals surface area (Å²) in [7, 11) is 0. The van der Waals surface area contributed by atoms with Gasteiger partial charge in [-0.1, -0.05) is 23.7 Å². The summed E-state index contributed by atoms with van der Waals surface area (Å²) >= 11 is 6.33. The molecule has 0 saturated carbocycles. The largest absolute Gasteiger partial charge is 0.485 e. The summed E-state index contributed by atoms with van der Waals surface area (Å²) in [6, 6.07) is 14.9. The highest BCUT2D eigenvalue weighted by Crippen LogP contribution is 2.35. The maximum atomic E-state index is 11.7. The minimum Gasteiger partial charge on any atom is -0.485 e. The molecule has 4 aromatic rings. The lowest BCUT2D eigenvalue weighted by molar-refractivity contribution is 0.200. The molecule has 1 fully saturated rings. The minimum absolute atomic E-state index is 0.408. The van der Waals surface area contributed by atoms with Gasteiger partial charge in [0.05, 0.1) is 17.0 Å². The molecule has 0 radical (unpaired) electrons. The second-order valence-electron chi connectivity index (χ2n) is 7.35. The van der Waals surface area contributed by atoms with Crippen molar-refractivity contribution >= 4 is 39.2 Å². The molecule has 154 valence electrons. The molecule has 0 bridgehead atoms. The fourth-order valence-electron chi connectivity index (χ4n) is 3.93. The van der Waals surface area contributed by atoms with Crippen LogP contribution in [0.4, 0.5) is 5.69 Å². The molecule has 2 aromatic carbocycles. The standard InChI is InChI=1S/C23H21ClN2O4/c24-18-3-1-2-4-19(18)26-10-8-25(9-11-26)12-14-29-23-21-17(7-13-28-21)15-16-5-6-20(27)30-22(16)23/h1-7,13,15H,8-12,14H2. The van der Waals surface area contributed by atoms with Crippen molar-refractivity contribution in [1.82, 2.24) is 4.90 Å². The van der Waals surface area contributed by atoms with E-state index in [4.69, 9.17) is 25.2 Å². The average molecular weight is 425 g/mol. The van der Waals surface area contributed by atoms with Crippen LogP contribution in [0.1, 0.15) is 0 Å². The Morgan fingerprint density at radius 1 is 0.967 bits per heavy atom. The van der Waals surface area contributed by atoms with Gasteiger partial charge in [-0.2, -0.15) is 0 Å². The van der Waals surface area contributed by atoms with Crippen LogP contribution < -0.4 is 15.3 Å². The van der Waals surface area contributed by atoms with E-state index in [9.17, 15) is 4.79 Å². The Morgan fingerprint density at radius 3 is 2.60 bits per heavy atom. The van der Waals surface area contributed by atoms with Crippen molar-refractivity contribution in [2.24, 2.45) is 0 Å². The molecule has 0 amide bonds. The number of halogens is 1. The molecule has 5 rings (SSSR count). The van der Waals surface area contributed by atoms with E-state index in [0.29, 0.717) is 23.5 Å². The van der Waals surface area contributed by atoms with E-state index in [1.807, 2.05) is 30.3 Å². The molecule has 7 heteroatoms. The van der Waals surface area contributed by atoms with Crippen LogP contribution in [0.5, 0.6) is 5.75 Å². The lowest BCUT2D eigenvalue weighted by Crippen LogP contribution is -2.47. The van der Waals surface area contributed by atoms with Crippen molar-refractivity contribution in [3.8, 4) is 5.75 Å². The molecule has 1 saturated heterocycles. The molecule has 6 nitrogen and oxygen atoms in total. The van der Waals surface area contributed by atoms with Crippen molar-refractivity contribution in [1.29, 1.82) is 0 Å². The van der Waals surface area contributed by atoms with E-state index in [2.05, 4.69) is 15.9 Å². The van der Waals surface area contributed by atoms with E-state index >= 15 is 0 Å². The predicted octanol–water partition coefficient (Wildman–Crippen LogP) is 4.39. The Labute approximate surface area is 178 Å². The zero-order valence-electron chi connectivity index (χ0n) is 16.3. The topological polar surface area (TPSA) is 59.1 Å². The summed E-state index contributed by atoms with van der Waals surface area (Å²) in [6.07, 6.45) is 1.61. The number of hydrogen-bond donors (Lipinski definition) is 0. The van der Waals surface area contributed by atoms with Gasteiger partial charge in [-0.15, -0.1) is 0 Å². The molecular formula is C23H21ClN2O4. The zero-order chi connectivity index (χ0) is 20.5. The Bertz CT molecular complexity index is 1240. The molecule has 0 atom stereocenters. The van der Waals surface area contributed by atoms with Crippen LogP contribution in [0.3, 0.4) is 0 Å². The maximum Gasteiger partial charge on any atom is 0.336 e. The van der Waals surface area contributed by atoms with Gasteiger partial charge in [-0.25, -0.2) is 4.79 Å². The Balaban J connectivity index is 1.26. The van der Waals surface area contributed by atoms with Gasteiger partial charge in [-0.3, -0.25) is 4.90 Å². The van der Waals surface area contributed by atoms with E-state index in [1.165, 1.54) is 6.07 Å². The number of piperazine rings is 1. The molecule has 0 spiro atoms. The Kier molecular flexibility index (Phi) is 5.11. The lowest BCUT2D eigenvalue weighted by Gasteiger charge is -2.36. The predicted molar refractivity (Wildman–Crippen MR) is 118 cm³/mol. The van der Waals surface area contributed by atoms with E-state index in [0.717, 1.165) is 54.2 Å². The second-order valence-corrected chi connectivity index (χ2v) is 7.75. The zero-order valence-corrected chi connectivity index (χ0v) is 17.1. The van der Waals surface area contributed by atoms with Crippen molar-refractivity contribution in [2.45, 2.75) is 0 Å². The summed E-state index contributed by atoms with van der Waals surface area (Å²) < 4.78 is 17.1. The van der Waals surface area contributed by atoms with Crippen LogP contribution in [-0.4, -0.2) is 44.2 Å². The number of anilines is 1. The Morgan fingerprint density at radius 2 is 1.77 bits per heavy atom. The summed E-state index contributed by atoms with van der Waals surface area (Å²) in [5.41, 5.74) is 1.70. The number of ether oxygens (including phenoxy) is 1. The summed E-state index contributed by atoms with van der Waals surface area (Å²) in [5.74, 6) is 0.486.